The van der Waals surface area contributed by atoms with Crippen LogP contribution in [0.4, 0.5) is 0 Å². The third kappa shape index (κ3) is 4.44. The maximum atomic E-state index is 3.93. The van der Waals surface area contributed by atoms with E-state index in [9.17, 15) is 0 Å². The van der Waals surface area contributed by atoms with Crippen LogP contribution in [0.1, 0.15) is 25.7 Å². The van der Waals surface area contributed by atoms with E-state index in [2.05, 4.69) is 48.2 Å². The Morgan fingerprint density at radius 1 is 0.938 bits per heavy atom. The van der Waals surface area contributed by atoms with Crippen molar-refractivity contribution in [1.29, 1.82) is 0 Å². The van der Waals surface area contributed by atoms with E-state index >= 15 is 0 Å². The minimum absolute atomic E-state index is 0.206. The predicted molar refractivity (Wildman–Crippen MR) is 82.5 cm³/mol. The third-order valence-corrected chi connectivity index (χ3v) is 18.5. The Balaban J connectivity index is 2.51. The second-order valence-corrected chi connectivity index (χ2v) is 19.9. The second kappa shape index (κ2) is 5.48. The summed E-state index contributed by atoms with van der Waals surface area (Å²) in [5.74, 6) is 0. The zero-order valence-electron chi connectivity index (χ0n) is 12.1. The topological polar surface area (TPSA) is 15.3 Å². The fraction of sp³-hybridized carbons (Fsp3) is 1.00. The monoisotopic (exact) mass is 274 g/mol. The molecule has 0 saturated heterocycles. The van der Waals surface area contributed by atoms with E-state index in [4.69, 9.17) is 0 Å². The lowest BCUT2D eigenvalue weighted by Crippen LogP contribution is -2.64. The number of nitrogens with zero attached hydrogens (tertiary/aromatic N) is 1. The van der Waals surface area contributed by atoms with Crippen LogP contribution in [-0.4, -0.2) is 36.3 Å². The largest absolute Gasteiger partial charge is 0.361 e. The fourth-order valence-electron chi connectivity index (χ4n) is 2.83. The molecule has 0 radical (unpaired) electrons. The molecule has 0 bridgehead atoms. The highest BCUT2D eigenvalue weighted by atomic mass is 28.5. The maximum absolute atomic E-state index is 3.93. The first kappa shape index (κ1) is 14.6. The molecule has 1 rings (SSSR count). The molecular weight excluding hydrogens is 244 g/mol. The highest BCUT2D eigenvalue weighted by Gasteiger charge is 2.34. The molecule has 0 spiro atoms. The molecule has 0 aliphatic heterocycles. The number of hydrogen-bond donors (Lipinski definition) is 1. The van der Waals surface area contributed by atoms with Gasteiger partial charge in [-0.05, 0) is 12.8 Å². The van der Waals surface area contributed by atoms with Crippen molar-refractivity contribution < 1.29 is 0 Å². The van der Waals surface area contributed by atoms with Gasteiger partial charge < -0.3 is 8.88 Å². The van der Waals surface area contributed by atoms with Gasteiger partial charge >= 0.3 is 0 Å². The average Bonchev–Trinajstić information content (AvgIpc) is 2.51. The summed E-state index contributed by atoms with van der Waals surface area (Å²) in [6.45, 7) is 15.1. The van der Waals surface area contributed by atoms with Crippen LogP contribution in [0.2, 0.25) is 39.3 Å². The molecule has 0 atom stereocenters. The molecule has 0 amide bonds. The third-order valence-electron chi connectivity index (χ3n) is 3.51. The van der Waals surface area contributed by atoms with Crippen LogP contribution in [-0.2, 0) is 0 Å². The molecule has 2 nitrogen and oxygen atoms in total. The summed E-state index contributed by atoms with van der Waals surface area (Å²) in [6.07, 6.45) is 5.76. The van der Waals surface area contributed by atoms with Crippen LogP contribution in [0, 0.1) is 0 Å². The second-order valence-electron chi connectivity index (χ2n) is 7.11. The van der Waals surface area contributed by atoms with Crippen LogP contribution in [0.5, 0.6) is 0 Å². The van der Waals surface area contributed by atoms with Gasteiger partial charge in [-0.15, -0.1) is 0 Å². The number of hydrogen-bond acceptors (Lipinski definition) is 2. The Hall–Kier alpha value is 0.571. The minimum atomic E-state index is -1.10. The first-order valence-electron chi connectivity index (χ1n) is 6.72. The van der Waals surface area contributed by atoms with E-state index in [1.54, 1.807) is 0 Å². The molecular formula is C11H30N2Si3. The minimum Gasteiger partial charge on any atom is -0.361 e. The summed E-state index contributed by atoms with van der Waals surface area (Å²) in [5, 5.41) is 0. The van der Waals surface area contributed by atoms with Gasteiger partial charge in [-0.2, -0.15) is 0 Å². The van der Waals surface area contributed by atoms with Crippen LogP contribution >= 0.6 is 0 Å². The molecule has 0 unspecified atom stereocenters. The summed E-state index contributed by atoms with van der Waals surface area (Å²) in [5.41, 5.74) is 0. The Labute approximate surface area is 106 Å². The van der Waals surface area contributed by atoms with Crippen molar-refractivity contribution >= 4 is 26.3 Å². The van der Waals surface area contributed by atoms with Gasteiger partial charge in [0, 0.05) is 6.04 Å². The van der Waals surface area contributed by atoms with E-state index in [1.807, 2.05) is 0 Å². The molecule has 1 aliphatic carbocycles. The van der Waals surface area contributed by atoms with Gasteiger partial charge in [0.25, 0.3) is 0 Å². The smallest absolute Gasteiger partial charge is 0.157 e. The fourth-order valence-corrected chi connectivity index (χ4v) is 16.1. The lowest BCUT2D eigenvalue weighted by atomic mass is 10.3. The molecule has 1 aliphatic rings. The predicted octanol–water partition coefficient (Wildman–Crippen LogP) is 2.49. The van der Waals surface area contributed by atoms with Crippen molar-refractivity contribution in [3.63, 3.8) is 0 Å². The highest BCUT2D eigenvalue weighted by molar-refractivity contribution is 6.95. The molecule has 0 heterocycles. The van der Waals surface area contributed by atoms with Crippen molar-refractivity contribution in [3.05, 3.63) is 0 Å². The van der Waals surface area contributed by atoms with Crippen LogP contribution in [0.3, 0.4) is 0 Å². The summed E-state index contributed by atoms with van der Waals surface area (Å²) in [6, 6.07) is 0.863. The number of rotatable bonds is 5. The molecule has 0 aromatic carbocycles. The molecule has 16 heavy (non-hydrogen) atoms. The van der Waals surface area contributed by atoms with Crippen molar-refractivity contribution in [1.82, 2.24) is 8.88 Å². The lowest BCUT2D eigenvalue weighted by molar-refractivity contribution is 0.631. The van der Waals surface area contributed by atoms with E-state index < -0.39 is 16.5 Å². The van der Waals surface area contributed by atoms with Gasteiger partial charge in [-0.3, -0.25) is 0 Å². The summed E-state index contributed by atoms with van der Waals surface area (Å²) in [7, 11) is -2.41. The Morgan fingerprint density at radius 2 is 1.38 bits per heavy atom. The van der Waals surface area contributed by atoms with Crippen LogP contribution in [0.15, 0.2) is 0 Å². The van der Waals surface area contributed by atoms with E-state index in [1.165, 1.54) is 25.7 Å². The molecule has 96 valence electrons. The molecule has 5 heteroatoms. The summed E-state index contributed by atoms with van der Waals surface area (Å²) >= 11 is 0. The van der Waals surface area contributed by atoms with Gasteiger partial charge in [-0.25, -0.2) is 0 Å². The molecule has 1 fully saturated rings. The normalized spacial score (nSPS) is 20.4. The van der Waals surface area contributed by atoms with Crippen molar-refractivity contribution in [2.45, 2.75) is 71.0 Å². The van der Waals surface area contributed by atoms with Gasteiger partial charge in [0.15, 0.2) is 9.84 Å². The van der Waals surface area contributed by atoms with Gasteiger partial charge in [0.05, 0.1) is 0 Å². The first-order chi connectivity index (χ1) is 7.21. The van der Waals surface area contributed by atoms with Crippen molar-refractivity contribution in [3.8, 4) is 0 Å². The number of nitrogens with one attached hydrogen (secondary N) is 1. The zero-order chi connectivity index (χ0) is 12.4. The van der Waals surface area contributed by atoms with Crippen LogP contribution in [0.25, 0.3) is 0 Å². The first-order valence-corrected chi connectivity index (χ1v) is 15.0. The highest BCUT2D eigenvalue weighted by Crippen LogP contribution is 2.20. The summed E-state index contributed by atoms with van der Waals surface area (Å²) < 4.78 is 2.97. The van der Waals surface area contributed by atoms with Crippen molar-refractivity contribution in [2.75, 3.05) is 0 Å². The van der Waals surface area contributed by atoms with Gasteiger partial charge in [0.1, 0.15) is 16.5 Å². The average molecular weight is 275 g/mol. The van der Waals surface area contributed by atoms with E-state index in [0.717, 1.165) is 6.04 Å². The Bertz CT molecular complexity index is 200. The van der Waals surface area contributed by atoms with Gasteiger partial charge in [0.2, 0.25) is 0 Å². The maximum Gasteiger partial charge on any atom is 0.157 e. The van der Waals surface area contributed by atoms with Crippen LogP contribution < -0.4 is 4.98 Å². The molecule has 0 aromatic heterocycles. The lowest BCUT2D eigenvalue weighted by Gasteiger charge is -2.44. The Morgan fingerprint density at radius 3 is 1.75 bits per heavy atom. The zero-order valence-corrected chi connectivity index (χ0v) is 15.5. The Kier molecular flexibility index (Phi) is 5.01. The quantitative estimate of drug-likeness (QED) is 0.775. The molecule has 1 N–H and O–H groups in total. The van der Waals surface area contributed by atoms with E-state index in [-0.39, 0.29) is 9.84 Å². The van der Waals surface area contributed by atoms with E-state index in [0.29, 0.717) is 0 Å². The van der Waals surface area contributed by atoms with Gasteiger partial charge in [-0.1, -0.05) is 52.1 Å². The molecule has 0 aromatic rings. The summed E-state index contributed by atoms with van der Waals surface area (Å²) in [4.78, 5) is 3.93. The SMILES string of the molecule is C[Si](C)(C)N([SiH2]NC1CCCC1)[Si](C)(C)C. The standard InChI is InChI=1S/C11H30N2Si3/c1-15(2,3)13(16(4,5)6)14-12-11-9-7-8-10-11/h11-12H,7-10,14H2,1-6H3. The molecule has 1 saturated carbocycles. The van der Waals surface area contributed by atoms with Crippen molar-refractivity contribution in [2.24, 2.45) is 0 Å².